The van der Waals surface area contributed by atoms with E-state index < -0.39 is 0 Å². The van der Waals surface area contributed by atoms with Crippen molar-refractivity contribution in [3.05, 3.63) is 90.6 Å². The summed E-state index contributed by atoms with van der Waals surface area (Å²) in [5.41, 5.74) is 18.7. The number of nitrogen functional groups attached to an aromatic ring is 1. The molecule has 6 rings (SSSR count). The Balaban J connectivity index is 1.57. The first kappa shape index (κ1) is 19.5. The summed E-state index contributed by atoms with van der Waals surface area (Å²) in [6.45, 7) is 0. The molecule has 0 amide bonds. The Labute approximate surface area is 191 Å². The number of hydrogen-bond donors (Lipinski definition) is 2. The van der Waals surface area contributed by atoms with Crippen LogP contribution in [0, 0.1) is 12.3 Å². The van der Waals surface area contributed by atoms with Gasteiger partial charge >= 0.3 is 0 Å². The number of benzene rings is 2. The highest BCUT2D eigenvalue weighted by atomic mass is 15.1. The standard InChI is InChI=1S/C27H22N6/c28-24-21(8-4-17-30-24)25-32-23-14-13-22(18-6-2-1-3-7-18)31-26(23)33(25)20-11-9-19(10-12-20)27(29)15-5-16-27/h1-3,6-14H,5,15-16,29H2,(H2,28,30). The lowest BCUT2D eigenvalue weighted by Crippen LogP contribution is -2.43. The summed E-state index contributed by atoms with van der Waals surface area (Å²) < 4.78 is 2.02. The van der Waals surface area contributed by atoms with Gasteiger partial charge in [-0.25, -0.2) is 9.97 Å². The van der Waals surface area contributed by atoms with Crippen LogP contribution in [0.25, 0.3) is 39.5 Å². The summed E-state index contributed by atoms with van der Waals surface area (Å²) in [4.78, 5) is 14.0. The maximum Gasteiger partial charge on any atom is 0.165 e. The molecule has 1 saturated carbocycles. The van der Waals surface area contributed by atoms with Crippen LogP contribution in [0.4, 0.5) is 5.82 Å². The third-order valence-electron chi connectivity index (χ3n) is 6.49. The number of rotatable bonds is 4. The van der Waals surface area contributed by atoms with Crippen molar-refractivity contribution < 1.29 is 0 Å². The van der Waals surface area contributed by atoms with Crippen LogP contribution in [0.5, 0.6) is 0 Å². The molecule has 3 heterocycles. The van der Waals surface area contributed by atoms with Crippen LogP contribution in [0.1, 0.15) is 24.8 Å². The van der Waals surface area contributed by atoms with Crippen molar-refractivity contribution in [3.63, 3.8) is 0 Å². The molecule has 4 N–H and O–H groups in total. The summed E-state index contributed by atoms with van der Waals surface area (Å²) in [5.74, 6) is 1.01. The Hall–Kier alpha value is -4.21. The summed E-state index contributed by atoms with van der Waals surface area (Å²) in [5, 5.41) is 0. The minimum atomic E-state index is -0.213. The number of pyridine rings is 1. The molecule has 0 saturated heterocycles. The quantitative estimate of drug-likeness (QED) is 0.432. The Morgan fingerprint density at radius 2 is 1.70 bits per heavy atom. The van der Waals surface area contributed by atoms with Gasteiger partial charge in [0.05, 0.1) is 11.3 Å². The largest absolute Gasteiger partial charge is 0.382 e. The molecule has 6 nitrogen and oxygen atoms in total. The molecule has 0 atom stereocenters. The smallest absolute Gasteiger partial charge is 0.165 e. The zero-order valence-corrected chi connectivity index (χ0v) is 18.0. The van der Waals surface area contributed by atoms with Gasteiger partial charge in [-0.15, -0.1) is 0 Å². The van der Waals surface area contributed by atoms with Gasteiger partial charge in [-0.3, -0.25) is 4.57 Å². The number of imidazole rings is 1. The van der Waals surface area contributed by atoms with Gasteiger partial charge in [-0.2, -0.15) is 4.98 Å². The van der Waals surface area contributed by atoms with E-state index in [9.17, 15) is 0 Å². The normalized spacial score (nSPS) is 14.6. The lowest BCUT2D eigenvalue weighted by Gasteiger charge is -2.38. The van der Waals surface area contributed by atoms with Crippen LogP contribution >= 0.6 is 0 Å². The van der Waals surface area contributed by atoms with Gasteiger partial charge in [0.1, 0.15) is 11.3 Å². The summed E-state index contributed by atoms with van der Waals surface area (Å²) in [6.07, 6.45) is 5.88. The van der Waals surface area contributed by atoms with E-state index in [2.05, 4.69) is 41.5 Å². The van der Waals surface area contributed by atoms with Crippen LogP contribution in [0.2, 0.25) is 0 Å². The number of fused-ring (bicyclic) bond motifs is 1. The second kappa shape index (κ2) is 7.44. The Bertz CT molecular complexity index is 1450. The molecule has 1 aliphatic rings. The minimum absolute atomic E-state index is 0.213. The van der Waals surface area contributed by atoms with E-state index in [1.165, 1.54) is 6.42 Å². The average Bonchev–Trinajstić information content (AvgIpc) is 3.22. The maximum atomic E-state index is 6.54. The molecule has 3 aromatic heterocycles. The third-order valence-corrected chi connectivity index (χ3v) is 6.49. The molecule has 2 aromatic carbocycles. The van der Waals surface area contributed by atoms with E-state index >= 15 is 0 Å². The van der Waals surface area contributed by atoms with Crippen LogP contribution < -0.4 is 11.5 Å². The van der Waals surface area contributed by atoms with E-state index in [1.54, 1.807) is 6.07 Å². The molecule has 0 unspecified atom stereocenters. The van der Waals surface area contributed by atoms with Crippen LogP contribution in [0.15, 0.2) is 72.8 Å². The van der Waals surface area contributed by atoms with Gasteiger partial charge in [-0.05, 0) is 55.2 Å². The summed E-state index contributed by atoms with van der Waals surface area (Å²) in [7, 11) is 0. The molecule has 0 aliphatic heterocycles. The van der Waals surface area contributed by atoms with E-state index in [0.717, 1.165) is 46.5 Å². The van der Waals surface area contributed by atoms with Crippen molar-refractivity contribution in [1.29, 1.82) is 0 Å². The molecule has 1 fully saturated rings. The van der Waals surface area contributed by atoms with Crippen LogP contribution in [0.3, 0.4) is 0 Å². The molecule has 5 aromatic rings. The SMILES string of the molecule is Nc1nc#ccc1-c1nc2ccc(-c3ccccc3)nc2n1-c1ccc(C2(N)CCC2)cc1. The lowest BCUT2D eigenvalue weighted by atomic mass is 9.73. The fourth-order valence-electron chi connectivity index (χ4n) is 4.45. The van der Waals surface area contributed by atoms with E-state index in [4.69, 9.17) is 21.4 Å². The van der Waals surface area contributed by atoms with E-state index in [1.807, 2.05) is 47.0 Å². The van der Waals surface area contributed by atoms with Crippen molar-refractivity contribution in [3.8, 4) is 28.3 Å². The van der Waals surface area contributed by atoms with Gasteiger partial charge in [0.15, 0.2) is 11.5 Å². The second-order valence-electron chi connectivity index (χ2n) is 8.54. The van der Waals surface area contributed by atoms with E-state index in [0.29, 0.717) is 17.2 Å². The molecule has 33 heavy (non-hydrogen) atoms. The molecule has 0 spiro atoms. The van der Waals surface area contributed by atoms with E-state index in [-0.39, 0.29) is 5.54 Å². The van der Waals surface area contributed by atoms with Crippen LogP contribution in [-0.2, 0) is 5.54 Å². The van der Waals surface area contributed by atoms with Gasteiger partial charge in [-0.1, -0.05) is 42.5 Å². The van der Waals surface area contributed by atoms with Crippen molar-refractivity contribution in [2.75, 3.05) is 5.73 Å². The lowest BCUT2D eigenvalue weighted by molar-refractivity contribution is 0.253. The van der Waals surface area contributed by atoms with Gasteiger partial charge in [0.25, 0.3) is 0 Å². The number of anilines is 1. The number of nitrogens with two attached hydrogens (primary N) is 2. The highest BCUT2D eigenvalue weighted by Gasteiger charge is 2.34. The van der Waals surface area contributed by atoms with Crippen LogP contribution in [-0.4, -0.2) is 19.5 Å². The third kappa shape index (κ3) is 3.22. The predicted molar refractivity (Wildman–Crippen MR) is 129 cm³/mol. The second-order valence-corrected chi connectivity index (χ2v) is 8.54. The number of aromatic nitrogens is 4. The maximum absolute atomic E-state index is 6.54. The zero-order chi connectivity index (χ0) is 22.4. The molecule has 1 aliphatic carbocycles. The monoisotopic (exact) mass is 430 g/mol. The molecular weight excluding hydrogens is 408 g/mol. The average molecular weight is 431 g/mol. The van der Waals surface area contributed by atoms with Gasteiger partial charge < -0.3 is 11.5 Å². The molecular formula is C27H22N6. The first-order chi connectivity index (χ1) is 16.1. The fourth-order valence-corrected chi connectivity index (χ4v) is 4.45. The Morgan fingerprint density at radius 3 is 2.39 bits per heavy atom. The molecule has 0 radical (unpaired) electrons. The number of hydrogen-bond acceptors (Lipinski definition) is 5. The van der Waals surface area contributed by atoms with Crippen molar-refractivity contribution in [2.45, 2.75) is 24.8 Å². The Kier molecular flexibility index (Phi) is 4.39. The highest BCUT2D eigenvalue weighted by Crippen LogP contribution is 2.39. The van der Waals surface area contributed by atoms with Gasteiger partial charge in [0, 0.05) is 29.1 Å². The Morgan fingerprint density at radius 1 is 0.909 bits per heavy atom. The van der Waals surface area contributed by atoms with Crippen molar-refractivity contribution in [2.24, 2.45) is 5.73 Å². The zero-order valence-electron chi connectivity index (χ0n) is 18.0. The molecule has 6 heteroatoms. The fraction of sp³-hybridized carbons (Fsp3) is 0.148. The molecule has 160 valence electrons. The summed E-state index contributed by atoms with van der Waals surface area (Å²) in [6, 6.07) is 27.1. The first-order valence-corrected chi connectivity index (χ1v) is 11.0. The predicted octanol–water partition coefficient (Wildman–Crippen LogP) is 4.67. The molecule has 0 bridgehead atoms. The first-order valence-electron chi connectivity index (χ1n) is 11.0. The topological polar surface area (TPSA) is 95.6 Å². The van der Waals surface area contributed by atoms with Crippen molar-refractivity contribution >= 4 is 17.0 Å². The summed E-state index contributed by atoms with van der Waals surface area (Å²) >= 11 is 0. The number of nitrogens with zero attached hydrogens (tertiary/aromatic N) is 4. The minimum Gasteiger partial charge on any atom is -0.382 e. The highest BCUT2D eigenvalue weighted by molar-refractivity contribution is 5.84. The van der Waals surface area contributed by atoms with Crippen molar-refractivity contribution in [1.82, 2.24) is 19.5 Å². The van der Waals surface area contributed by atoms with Gasteiger partial charge in [0.2, 0.25) is 0 Å².